The third kappa shape index (κ3) is 3.01. The molecule has 0 amide bonds. The van der Waals surface area contributed by atoms with Crippen molar-refractivity contribution in [2.45, 2.75) is 33.1 Å². The van der Waals surface area contributed by atoms with Crippen molar-refractivity contribution in [1.82, 2.24) is 5.32 Å². The van der Waals surface area contributed by atoms with Crippen molar-refractivity contribution >= 4 is 0 Å². The molecule has 17 heavy (non-hydrogen) atoms. The Morgan fingerprint density at radius 1 is 1.29 bits per heavy atom. The van der Waals surface area contributed by atoms with E-state index in [-0.39, 0.29) is 0 Å². The van der Waals surface area contributed by atoms with Gasteiger partial charge in [0.2, 0.25) is 0 Å². The zero-order valence-corrected chi connectivity index (χ0v) is 11.2. The van der Waals surface area contributed by atoms with Crippen LogP contribution in [0.5, 0.6) is 5.75 Å². The Hall–Kier alpha value is -1.02. The van der Waals surface area contributed by atoms with E-state index in [1.807, 2.05) is 0 Å². The minimum absolute atomic E-state index is 0.872. The Morgan fingerprint density at radius 2 is 2.12 bits per heavy atom. The summed E-state index contributed by atoms with van der Waals surface area (Å²) >= 11 is 0. The minimum Gasteiger partial charge on any atom is -0.496 e. The molecule has 94 valence electrons. The van der Waals surface area contributed by atoms with E-state index >= 15 is 0 Å². The average molecular weight is 233 g/mol. The Kier molecular flexibility index (Phi) is 4.06. The van der Waals surface area contributed by atoms with Gasteiger partial charge >= 0.3 is 0 Å². The van der Waals surface area contributed by atoms with Crippen LogP contribution < -0.4 is 10.1 Å². The summed E-state index contributed by atoms with van der Waals surface area (Å²) in [5, 5.41) is 3.43. The Balaban J connectivity index is 2.02. The van der Waals surface area contributed by atoms with E-state index in [2.05, 4.69) is 31.3 Å². The molecule has 2 rings (SSSR count). The maximum absolute atomic E-state index is 5.35. The third-order valence-electron chi connectivity index (χ3n) is 3.84. The van der Waals surface area contributed by atoms with E-state index in [9.17, 15) is 0 Å². The minimum atomic E-state index is 0.872. The van der Waals surface area contributed by atoms with Crippen LogP contribution >= 0.6 is 0 Å². The fraction of sp³-hybridized carbons (Fsp3) is 0.600. The van der Waals surface area contributed by atoms with E-state index < -0.39 is 0 Å². The highest BCUT2D eigenvalue weighted by molar-refractivity contribution is 5.41. The molecule has 1 aromatic carbocycles. The second-order valence-electron chi connectivity index (χ2n) is 5.15. The summed E-state index contributed by atoms with van der Waals surface area (Å²) < 4.78 is 5.35. The van der Waals surface area contributed by atoms with Crippen LogP contribution in [-0.4, -0.2) is 20.2 Å². The number of aryl methyl sites for hydroxylation is 3. The van der Waals surface area contributed by atoms with Gasteiger partial charge in [0.15, 0.2) is 0 Å². The van der Waals surface area contributed by atoms with Crippen LogP contribution in [0.25, 0.3) is 0 Å². The lowest BCUT2D eigenvalue weighted by atomic mass is 9.95. The van der Waals surface area contributed by atoms with E-state index in [0.29, 0.717) is 0 Å². The summed E-state index contributed by atoms with van der Waals surface area (Å²) in [4.78, 5) is 0. The number of nitrogens with one attached hydrogen (secondary N) is 1. The zero-order valence-electron chi connectivity index (χ0n) is 11.2. The molecule has 1 heterocycles. The van der Waals surface area contributed by atoms with Gasteiger partial charge in [-0.2, -0.15) is 0 Å². The summed E-state index contributed by atoms with van der Waals surface area (Å²) in [5.74, 6) is 1.88. The van der Waals surface area contributed by atoms with Crippen LogP contribution in [0.2, 0.25) is 0 Å². The number of benzene rings is 1. The highest BCUT2D eigenvalue weighted by atomic mass is 16.5. The molecule has 0 bridgehead atoms. The molecule has 0 radical (unpaired) electrons. The number of ether oxygens (including phenoxy) is 1. The van der Waals surface area contributed by atoms with Crippen molar-refractivity contribution < 1.29 is 4.74 Å². The molecule has 1 aliphatic rings. The number of rotatable bonds is 4. The van der Waals surface area contributed by atoms with Crippen LogP contribution in [0.1, 0.15) is 29.5 Å². The van der Waals surface area contributed by atoms with Crippen molar-refractivity contribution in [3.63, 3.8) is 0 Å². The number of hydrogen-bond donors (Lipinski definition) is 1. The monoisotopic (exact) mass is 233 g/mol. The lowest BCUT2D eigenvalue weighted by molar-refractivity contribution is 0.411. The molecule has 2 heteroatoms. The van der Waals surface area contributed by atoms with E-state index in [0.717, 1.165) is 11.7 Å². The van der Waals surface area contributed by atoms with Crippen molar-refractivity contribution in [3.8, 4) is 5.75 Å². The summed E-state index contributed by atoms with van der Waals surface area (Å²) in [5.41, 5.74) is 4.09. The molecule has 0 aliphatic carbocycles. The lowest BCUT2D eigenvalue weighted by Gasteiger charge is -2.13. The van der Waals surface area contributed by atoms with Crippen molar-refractivity contribution in [2.24, 2.45) is 5.92 Å². The Labute approximate surface area is 104 Å². The van der Waals surface area contributed by atoms with Crippen LogP contribution in [0.4, 0.5) is 0 Å². The summed E-state index contributed by atoms with van der Waals surface area (Å²) in [6, 6.07) is 4.45. The molecule has 1 aliphatic heterocycles. The van der Waals surface area contributed by atoms with Gasteiger partial charge in [0.05, 0.1) is 7.11 Å². The summed E-state index contributed by atoms with van der Waals surface area (Å²) in [7, 11) is 1.74. The quantitative estimate of drug-likeness (QED) is 0.863. The maximum atomic E-state index is 5.35. The van der Waals surface area contributed by atoms with Gasteiger partial charge in [0, 0.05) is 0 Å². The van der Waals surface area contributed by atoms with Gasteiger partial charge in [-0.15, -0.1) is 0 Å². The van der Waals surface area contributed by atoms with Gasteiger partial charge in [-0.05, 0) is 74.9 Å². The van der Waals surface area contributed by atoms with Gasteiger partial charge < -0.3 is 10.1 Å². The van der Waals surface area contributed by atoms with E-state index in [4.69, 9.17) is 4.74 Å². The second-order valence-corrected chi connectivity index (χ2v) is 5.15. The first kappa shape index (κ1) is 12.4. The molecule has 1 fully saturated rings. The average Bonchev–Trinajstić information content (AvgIpc) is 2.82. The Morgan fingerprint density at radius 3 is 2.76 bits per heavy atom. The van der Waals surface area contributed by atoms with E-state index in [1.165, 1.54) is 49.0 Å². The molecular weight excluding hydrogens is 210 g/mol. The summed E-state index contributed by atoms with van der Waals surface area (Å²) in [6.45, 7) is 6.71. The number of hydrogen-bond acceptors (Lipinski definition) is 2. The van der Waals surface area contributed by atoms with Gasteiger partial charge in [0.1, 0.15) is 5.75 Å². The molecule has 0 saturated carbocycles. The normalized spacial score (nSPS) is 19.6. The molecule has 1 saturated heterocycles. The first-order chi connectivity index (χ1) is 8.20. The van der Waals surface area contributed by atoms with Gasteiger partial charge in [-0.1, -0.05) is 6.07 Å². The van der Waals surface area contributed by atoms with Crippen molar-refractivity contribution in [2.75, 3.05) is 20.2 Å². The van der Waals surface area contributed by atoms with E-state index in [1.54, 1.807) is 7.11 Å². The smallest absolute Gasteiger partial charge is 0.122 e. The van der Waals surface area contributed by atoms with Crippen molar-refractivity contribution in [3.05, 3.63) is 28.8 Å². The van der Waals surface area contributed by atoms with Crippen LogP contribution in [0.3, 0.4) is 0 Å². The second kappa shape index (κ2) is 5.54. The van der Waals surface area contributed by atoms with Crippen LogP contribution in [0, 0.1) is 19.8 Å². The van der Waals surface area contributed by atoms with Crippen LogP contribution in [0.15, 0.2) is 12.1 Å². The molecular formula is C15H23NO. The fourth-order valence-corrected chi connectivity index (χ4v) is 2.66. The predicted octanol–water partition coefficient (Wildman–Crippen LogP) is 2.85. The van der Waals surface area contributed by atoms with Crippen molar-refractivity contribution in [1.29, 1.82) is 0 Å². The topological polar surface area (TPSA) is 21.3 Å². The summed E-state index contributed by atoms with van der Waals surface area (Å²) in [6.07, 6.45) is 3.84. The molecule has 0 spiro atoms. The van der Waals surface area contributed by atoms with Gasteiger partial charge in [-0.3, -0.25) is 0 Å². The highest BCUT2D eigenvalue weighted by Crippen LogP contribution is 2.25. The standard InChI is InChI=1S/C15H23NO/c1-11-9-15(17-3)12(2)8-14(11)5-4-13-6-7-16-10-13/h8-9,13,16H,4-7,10H2,1-3H3. The highest BCUT2D eigenvalue weighted by Gasteiger charge is 2.14. The molecule has 0 aromatic heterocycles. The van der Waals surface area contributed by atoms with Gasteiger partial charge in [0.25, 0.3) is 0 Å². The fourth-order valence-electron chi connectivity index (χ4n) is 2.66. The number of methoxy groups -OCH3 is 1. The maximum Gasteiger partial charge on any atom is 0.122 e. The first-order valence-electron chi connectivity index (χ1n) is 6.55. The third-order valence-corrected chi connectivity index (χ3v) is 3.84. The zero-order chi connectivity index (χ0) is 12.3. The molecule has 1 aromatic rings. The largest absolute Gasteiger partial charge is 0.496 e. The SMILES string of the molecule is COc1cc(C)c(CCC2CCNC2)cc1C. The lowest BCUT2D eigenvalue weighted by Crippen LogP contribution is -2.09. The first-order valence-corrected chi connectivity index (χ1v) is 6.55. The van der Waals surface area contributed by atoms with Gasteiger partial charge in [-0.25, -0.2) is 0 Å². The molecule has 1 N–H and O–H groups in total. The van der Waals surface area contributed by atoms with Crippen LogP contribution in [-0.2, 0) is 6.42 Å². The molecule has 1 unspecified atom stereocenters. The Bertz CT molecular complexity index is 381. The molecule has 1 atom stereocenters. The molecule has 2 nitrogen and oxygen atoms in total. The predicted molar refractivity (Wildman–Crippen MR) is 71.8 cm³/mol.